The number of nitrogens with zero attached hydrogens (tertiary/aromatic N) is 2. The van der Waals surface area contributed by atoms with Crippen molar-refractivity contribution in [2.24, 2.45) is 0 Å². The van der Waals surface area contributed by atoms with Crippen LogP contribution in [0.15, 0.2) is 52.9 Å². The van der Waals surface area contributed by atoms with Crippen LogP contribution in [0.1, 0.15) is 11.5 Å². The van der Waals surface area contributed by atoms with E-state index in [2.05, 4.69) is 20.8 Å². The Morgan fingerprint density at radius 1 is 1.16 bits per heavy atom. The van der Waals surface area contributed by atoms with Gasteiger partial charge in [-0.3, -0.25) is 0 Å². The minimum absolute atomic E-state index is 0.317. The first kappa shape index (κ1) is 17.0. The quantitative estimate of drug-likeness (QED) is 0.722. The van der Waals surface area contributed by atoms with Gasteiger partial charge in [0.2, 0.25) is 11.8 Å². The van der Waals surface area contributed by atoms with Gasteiger partial charge in [-0.05, 0) is 36.8 Å². The summed E-state index contributed by atoms with van der Waals surface area (Å²) in [5.41, 5.74) is 2.46. The van der Waals surface area contributed by atoms with Crippen molar-refractivity contribution in [2.75, 3.05) is 11.9 Å². The monoisotopic (exact) mass is 356 g/mol. The lowest BCUT2D eigenvalue weighted by atomic mass is 10.2. The summed E-state index contributed by atoms with van der Waals surface area (Å²) in [6.45, 7) is 2.28. The third-order valence-electron chi connectivity index (χ3n) is 3.54. The third-order valence-corrected chi connectivity index (χ3v) is 3.95. The fourth-order valence-electron chi connectivity index (χ4n) is 2.18. The Morgan fingerprint density at radius 2 is 1.96 bits per heavy atom. The largest absolute Gasteiger partial charge is 0.421 e. The molecule has 2 N–H and O–H groups in total. The number of amides is 2. The van der Waals surface area contributed by atoms with Gasteiger partial charge in [0, 0.05) is 29.2 Å². The summed E-state index contributed by atoms with van der Waals surface area (Å²) < 4.78 is 5.59. The molecule has 25 heavy (non-hydrogen) atoms. The number of urea groups is 1. The Morgan fingerprint density at radius 3 is 2.72 bits per heavy atom. The molecule has 0 atom stereocenters. The SMILES string of the molecule is Cc1ccc(NC(=O)NCCc2nnc(-c3ccccc3)o2)cc1Cl. The van der Waals surface area contributed by atoms with Gasteiger partial charge < -0.3 is 15.1 Å². The Hall–Kier alpha value is -2.86. The number of hydrogen-bond donors (Lipinski definition) is 2. The highest BCUT2D eigenvalue weighted by atomic mass is 35.5. The molecule has 0 aliphatic heterocycles. The molecule has 128 valence electrons. The topological polar surface area (TPSA) is 80.0 Å². The highest BCUT2D eigenvalue weighted by Gasteiger charge is 2.09. The molecule has 0 unspecified atom stereocenters. The van der Waals surface area contributed by atoms with Crippen molar-refractivity contribution < 1.29 is 9.21 Å². The van der Waals surface area contributed by atoms with Crippen LogP contribution in [0.5, 0.6) is 0 Å². The molecule has 3 aromatic rings. The maximum Gasteiger partial charge on any atom is 0.319 e. The van der Waals surface area contributed by atoms with E-state index < -0.39 is 0 Å². The van der Waals surface area contributed by atoms with Crippen LogP contribution < -0.4 is 10.6 Å². The molecule has 0 aliphatic rings. The molecule has 0 saturated carbocycles. The molecule has 7 heteroatoms. The highest BCUT2D eigenvalue weighted by Crippen LogP contribution is 2.20. The van der Waals surface area contributed by atoms with E-state index in [9.17, 15) is 4.79 Å². The van der Waals surface area contributed by atoms with Crippen LogP contribution in [0.4, 0.5) is 10.5 Å². The van der Waals surface area contributed by atoms with Crippen LogP contribution in [0, 0.1) is 6.92 Å². The first-order chi connectivity index (χ1) is 12.1. The van der Waals surface area contributed by atoms with Gasteiger partial charge >= 0.3 is 6.03 Å². The van der Waals surface area contributed by atoms with Crippen molar-refractivity contribution in [3.63, 3.8) is 0 Å². The average molecular weight is 357 g/mol. The van der Waals surface area contributed by atoms with Crippen molar-refractivity contribution in [2.45, 2.75) is 13.3 Å². The predicted molar refractivity (Wildman–Crippen MR) is 96.6 cm³/mol. The molecular weight excluding hydrogens is 340 g/mol. The molecule has 0 bridgehead atoms. The second kappa shape index (κ2) is 7.81. The van der Waals surface area contributed by atoms with Gasteiger partial charge in [0.15, 0.2) is 0 Å². The lowest BCUT2D eigenvalue weighted by Crippen LogP contribution is -2.30. The summed E-state index contributed by atoms with van der Waals surface area (Å²) >= 11 is 6.04. The number of aryl methyl sites for hydroxylation is 1. The molecule has 1 heterocycles. The van der Waals surface area contributed by atoms with Crippen molar-refractivity contribution in [1.82, 2.24) is 15.5 Å². The molecule has 2 aromatic carbocycles. The molecule has 0 radical (unpaired) electrons. The van der Waals surface area contributed by atoms with Gasteiger partial charge in [0.05, 0.1) is 0 Å². The number of hydrogen-bond acceptors (Lipinski definition) is 4. The number of rotatable bonds is 5. The van der Waals surface area contributed by atoms with E-state index in [0.717, 1.165) is 11.1 Å². The van der Waals surface area contributed by atoms with Crippen LogP contribution in [-0.2, 0) is 6.42 Å². The Labute approximate surface area is 150 Å². The summed E-state index contributed by atoms with van der Waals surface area (Å²) in [5.74, 6) is 0.937. The average Bonchev–Trinajstić information content (AvgIpc) is 3.08. The fourth-order valence-corrected chi connectivity index (χ4v) is 2.36. The lowest BCUT2D eigenvalue weighted by molar-refractivity contribution is 0.252. The molecule has 0 saturated heterocycles. The van der Waals surface area contributed by atoms with Crippen molar-refractivity contribution in [3.05, 3.63) is 65.0 Å². The zero-order chi connectivity index (χ0) is 17.6. The van der Waals surface area contributed by atoms with Crippen molar-refractivity contribution in [1.29, 1.82) is 0 Å². The van der Waals surface area contributed by atoms with Gasteiger partial charge in [-0.25, -0.2) is 4.79 Å². The normalized spacial score (nSPS) is 10.5. The number of aromatic nitrogens is 2. The van der Waals surface area contributed by atoms with E-state index in [1.54, 1.807) is 12.1 Å². The van der Waals surface area contributed by atoms with E-state index >= 15 is 0 Å². The maximum absolute atomic E-state index is 11.9. The molecular formula is C18H17ClN4O2. The van der Waals surface area contributed by atoms with Crippen LogP contribution in [-0.4, -0.2) is 22.8 Å². The van der Waals surface area contributed by atoms with E-state index in [-0.39, 0.29) is 6.03 Å². The van der Waals surface area contributed by atoms with Gasteiger partial charge in [-0.15, -0.1) is 10.2 Å². The van der Waals surface area contributed by atoms with Crippen molar-refractivity contribution >= 4 is 23.3 Å². The maximum atomic E-state index is 11.9. The minimum Gasteiger partial charge on any atom is -0.421 e. The zero-order valence-corrected chi connectivity index (χ0v) is 14.4. The molecule has 6 nitrogen and oxygen atoms in total. The summed E-state index contributed by atoms with van der Waals surface area (Å²) in [6, 6.07) is 14.6. The number of halogens is 1. The smallest absolute Gasteiger partial charge is 0.319 e. The Balaban J connectivity index is 1.48. The van der Waals surface area contributed by atoms with Gasteiger partial charge in [-0.2, -0.15) is 0 Å². The van der Waals surface area contributed by atoms with Gasteiger partial charge in [-0.1, -0.05) is 35.9 Å². The molecule has 1 aromatic heterocycles. The molecule has 2 amide bonds. The minimum atomic E-state index is -0.317. The number of anilines is 1. The standard InChI is InChI=1S/C18H17ClN4O2/c1-12-7-8-14(11-15(12)19)21-18(24)20-10-9-16-22-23-17(25-16)13-5-3-2-4-6-13/h2-8,11H,9-10H2,1H3,(H2,20,21,24). The predicted octanol–water partition coefficient (Wildman–Crippen LogP) is 4.06. The van der Waals surface area contributed by atoms with E-state index in [1.165, 1.54) is 0 Å². The third kappa shape index (κ3) is 4.58. The number of nitrogens with one attached hydrogen (secondary N) is 2. The summed E-state index contributed by atoms with van der Waals surface area (Å²) in [4.78, 5) is 11.9. The number of benzene rings is 2. The zero-order valence-electron chi connectivity index (χ0n) is 13.6. The second-order valence-corrected chi connectivity index (χ2v) is 5.87. The molecule has 3 rings (SSSR count). The summed E-state index contributed by atoms with van der Waals surface area (Å²) in [7, 11) is 0. The van der Waals surface area contributed by atoms with Crippen LogP contribution in [0.3, 0.4) is 0 Å². The molecule has 0 fully saturated rings. The van der Waals surface area contributed by atoms with Crippen LogP contribution in [0.25, 0.3) is 11.5 Å². The van der Waals surface area contributed by atoms with Crippen LogP contribution >= 0.6 is 11.6 Å². The number of carbonyl (C=O) groups is 1. The molecule has 0 aliphatic carbocycles. The summed E-state index contributed by atoms with van der Waals surface area (Å²) in [6.07, 6.45) is 0.446. The Kier molecular flexibility index (Phi) is 5.30. The first-order valence-corrected chi connectivity index (χ1v) is 8.18. The molecule has 0 spiro atoms. The Bertz CT molecular complexity index is 865. The summed E-state index contributed by atoms with van der Waals surface area (Å²) in [5, 5.41) is 14.1. The highest BCUT2D eigenvalue weighted by molar-refractivity contribution is 6.31. The van der Waals surface area contributed by atoms with E-state index in [4.69, 9.17) is 16.0 Å². The van der Waals surface area contributed by atoms with E-state index in [1.807, 2.05) is 43.3 Å². The van der Waals surface area contributed by atoms with Crippen LogP contribution in [0.2, 0.25) is 5.02 Å². The first-order valence-electron chi connectivity index (χ1n) is 7.80. The lowest BCUT2D eigenvalue weighted by Gasteiger charge is -2.07. The van der Waals surface area contributed by atoms with E-state index in [0.29, 0.717) is 35.5 Å². The number of carbonyl (C=O) groups excluding carboxylic acids is 1. The fraction of sp³-hybridized carbons (Fsp3) is 0.167. The van der Waals surface area contributed by atoms with Gasteiger partial charge in [0.25, 0.3) is 0 Å². The van der Waals surface area contributed by atoms with Crippen molar-refractivity contribution in [3.8, 4) is 11.5 Å². The second-order valence-electron chi connectivity index (χ2n) is 5.46. The van der Waals surface area contributed by atoms with Gasteiger partial charge in [0.1, 0.15) is 0 Å².